The highest BCUT2D eigenvalue weighted by Crippen LogP contribution is 2.30. The second-order valence-corrected chi connectivity index (χ2v) is 6.84. The molecule has 1 fully saturated rings. The molecule has 0 spiro atoms. The molecular formula is C21H32IN5O2. The lowest BCUT2D eigenvalue weighted by atomic mass is 10.2. The first-order valence-corrected chi connectivity index (χ1v) is 10.1. The highest BCUT2D eigenvalue weighted by atomic mass is 127. The number of aliphatic imine (C=N–C) groups is 1. The fourth-order valence-electron chi connectivity index (χ4n) is 3.46. The molecule has 0 amide bonds. The van der Waals surface area contributed by atoms with E-state index in [4.69, 9.17) is 14.6 Å². The zero-order valence-electron chi connectivity index (χ0n) is 17.5. The van der Waals surface area contributed by atoms with Gasteiger partial charge in [0.05, 0.1) is 32.0 Å². The predicted octanol–water partition coefficient (Wildman–Crippen LogP) is 4.60. The van der Waals surface area contributed by atoms with Crippen molar-refractivity contribution in [2.75, 3.05) is 25.6 Å². The average Bonchev–Trinajstić information content (AvgIpc) is 3.38. The van der Waals surface area contributed by atoms with Crippen molar-refractivity contribution in [3.63, 3.8) is 0 Å². The van der Waals surface area contributed by atoms with E-state index in [1.807, 2.05) is 32.0 Å². The van der Waals surface area contributed by atoms with Crippen molar-refractivity contribution < 1.29 is 9.47 Å². The molecule has 2 N–H and O–H groups in total. The number of anilines is 1. The van der Waals surface area contributed by atoms with Crippen LogP contribution in [0.3, 0.4) is 0 Å². The van der Waals surface area contributed by atoms with Crippen LogP contribution in [-0.4, -0.2) is 36.0 Å². The van der Waals surface area contributed by atoms with Crippen LogP contribution in [0.1, 0.15) is 51.3 Å². The molecule has 1 aromatic carbocycles. The number of hydrogen-bond donors (Lipinski definition) is 2. The second-order valence-electron chi connectivity index (χ2n) is 6.84. The number of rotatable bonds is 8. The van der Waals surface area contributed by atoms with Crippen LogP contribution in [0.5, 0.6) is 11.5 Å². The lowest BCUT2D eigenvalue weighted by molar-refractivity contribution is 0.311. The standard InChI is InChI=1S/C21H31N5O2.HI/c1-4-22-21(24-16-10-11-19(27-3)20(14-16)28-5-2)23-15-17-12-13-26(25-17)18-8-6-7-9-18;/h10-14,18H,4-9,15H2,1-3H3,(H2,22,23,24);1H. The third-order valence-electron chi connectivity index (χ3n) is 4.83. The van der Waals surface area contributed by atoms with E-state index in [0.29, 0.717) is 36.7 Å². The number of guanidine groups is 1. The molecule has 8 heteroatoms. The molecule has 1 saturated carbocycles. The van der Waals surface area contributed by atoms with Crippen molar-refractivity contribution in [3.8, 4) is 11.5 Å². The summed E-state index contributed by atoms with van der Waals surface area (Å²) < 4.78 is 13.1. The number of nitrogens with zero attached hydrogens (tertiary/aromatic N) is 3. The zero-order chi connectivity index (χ0) is 19.8. The summed E-state index contributed by atoms with van der Waals surface area (Å²) in [5.41, 5.74) is 1.87. The summed E-state index contributed by atoms with van der Waals surface area (Å²) in [7, 11) is 1.64. The van der Waals surface area contributed by atoms with E-state index in [9.17, 15) is 0 Å². The van der Waals surface area contributed by atoms with Crippen LogP contribution < -0.4 is 20.1 Å². The third kappa shape index (κ3) is 6.52. The molecule has 1 aromatic heterocycles. The molecule has 0 bridgehead atoms. The summed E-state index contributed by atoms with van der Waals surface area (Å²) in [5.74, 6) is 2.14. The van der Waals surface area contributed by atoms with Crippen LogP contribution in [-0.2, 0) is 6.54 Å². The number of benzene rings is 1. The Morgan fingerprint density at radius 1 is 1.21 bits per heavy atom. The minimum Gasteiger partial charge on any atom is -0.493 e. The largest absolute Gasteiger partial charge is 0.493 e. The number of ether oxygens (including phenoxy) is 2. The maximum atomic E-state index is 5.65. The molecule has 0 unspecified atom stereocenters. The van der Waals surface area contributed by atoms with Gasteiger partial charge in [0.25, 0.3) is 0 Å². The Bertz CT molecular complexity index is 787. The van der Waals surface area contributed by atoms with Gasteiger partial charge in [0.15, 0.2) is 17.5 Å². The molecule has 0 radical (unpaired) electrons. The highest BCUT2D eigenvalue weighted by Gasteiger charge is 2.17. The van der Waals surface area contributed by atoms with Crippen molar-refractivity contribution in [2.24, 2.45) is 4.99 Å². The van der Waals surface area contributed by atoms with Crippen LogP contribution in [0.15, 0.2) is 35.5 Å². The van der Waals surface area contributed by atoms with Gasteiger partial charge in [0, 0.05) is 24.5 Å². The number of methoxy groups -OCH3 is 1. The Labute approximate surface area is 190 Å². The first-order valence-electron chi connectivity index (χ1n) is 10.1. The first-order chi connectivity index (χ1) is 13.7. The fourth-order valence-corrected chi connectivity index (χ4v) is 3.46. The molecule has 0 saturated heterocycles. The molecule has 7 nitrogen and oxygen atoms in total. The Balaban J connectivity index is 0.00000300. The molecule has 3 rings (SSSR count). The van der Waals surface area contributed by atoms with Crippen LogP contribution in [0.2, 0.25) is 0 Å². The zero-order valence-corrected chi connectivity index (χ0v) is 19.8. The van der Waals surface area contributed by atoms with Crippen molar-refractivity contribution in [1.29, 1.82) is 0 Å². The number of halogens is 1. The molecule has 0 atom stereocenters. The minimum absolute atomic E-state index is 0. The van der Waals surface area contributed by atoms with Crippen LogP contribution in [0.4, 0.5) is 5.69 Å². The summed E-state index contributed by atoms with van der Waals surface area (Å²) in [6.45, 7) is 5.89. The average molecular weight is 513 g/mol. The number of nitrogens with one attached hydrogen (secondary N) is 2. The van der Waals surface area contributed by atoms with Gasteiger partial charge >= 0.3 is 0 Å². The van der Waals surface area contributed by atoms with E-state index in [1.165, 1.54) is 25.7 Å². The maximum Gasteiger partial charge on any atom is 0.196 e. The van der Waals surface area contributed by atoms with E-state index in [1.54, 1.807) is 7.11 Å². The number of hydrogen-bond acceptors (Lipinski definition) is 4. The Morgan fingerprint density at radius 3 is 2.69 bits per heavy atom. The van der Waals surface area contributed by atoms with Gasteiger partial charge in [-0.25, -0.2) is 4.99 Å². The molecular weight excluding hydrogens is 481 g/mol. The summed E-state index contributed by atoms with van der Waals surface area (Å²) >= 11 is 0. The third-order valence-corrected chi connectivity index (χ3v) is 4.83. The quantitative estimate of drug-likeness (QED) is 0.307. The van der Waals surface area contributed by atoms with Gasteiger partial charge in [-0.15, -0.1) is 24.0 Å². The van der Waals surface area contributed by atoms with Gasteiger partial charge in [0.1, 0.15) is 0 Å². The Morgan fingerprint density at radius 2 is 2.00 bits per heavy atom. The molecule has 2 aromatic rings. The monoisotopic (exact) mass is 513 g/mol. The molecule has 0 aliphatic heterocycles. The lowest BCUT2D eigenvalue weighted by Crippen LogP contribution is -2.30. The summed E-state index contributed by atoms with van der Waals surface area (Å²) in [4.78, 5) is 4.68. The molecule has 160 valence electrons. The van der Waals surface area contributed by atoms with Gasteiger partial charge in [-0.3, -0.25) is 4.68 Å². The van der Waals surface area contributed by atoms with E-state index in [0.717, 1.165) is 17.9 Å². The Kier molecular flexibility index (Phi) is 9.56. The lowest BCUT2D eigenvalue weighted by Gasteiger charge is -2.14. The van der Waals surface area contributed by atoms with Gasteiger partial charge < -0.3 is 20.1 Å². The summed E-state index contributed by atoms with van der Waals surface area (Å²) in [6.07, 6.45) is 7.15. The normalized spacial score (nSPS) is 14.4. The van der Waals surface area contributed by atoms with Gasteiger partial charge in [-0.1, -0.05) is 12.8 Å². The predicted molar refractivity (Wildman–Crippen MR) is 128 cm³/mol. The van der Waals surface area contributed by atoms with Gasteiger partial charge in [-0.2, -0.15) is 5.10 Å². The van der Waals surface area contributed by atoms with E-state index < -0.39 is 0 Å². The fraction of sp³-hybridized carbons (Fsp3) is 0.524. The van der Waals surface area contributed by atoms with Crippen molar-refractivity contribution in [2.45, 2.75) is 52.1 Å². The molecule has 1 heterocycles. The Hall–Kier alpha value is -1.97. The van der Waals surface area contributed by atoms with E-state index in [2.05, 4.69) is 32.6 Å². The van der Waals surface area contributed by atoms with Gasteiger partial charge in [-0.05, 0) is 44.9 Å². The number of aromatic nitrogens is 2. The SMILES string of the molecule is CCNC(=NCc1ccn(C2CCCC2)n1)Nc1ccc(OC)c(OCC)c1.I. The smallest absolute Gasteiger partial charge is 0.196 e. The first kappa shape index (κ1) is 23.3. The van der Waals surface area contributed by atoms with E-state index in [-0.39, 0.29) is 24.0 Å². The van der Waals surface area contributed by atoms with Crippen LogP contribution in [0.25, 0.3) is 0 Å². The summed E-state index contributed by atoms with van der Waals surface area (Å²) in [6, 6.07) is 8.37. The van der Waals surface area contributed by atoms with Crippen LogP contribution in [0, 0.1) is 0 Å². The van der Waals surface area contributed by atoms with E-state index >= 15 is 0 Å². The van der Waals surface area contributed by atoms with Crippen LogP contribution >= 0.6 is 24.0 Å². The minimum atomic E-state index is 0. The second kappa shape index (κ2) is 11.9. The molecule has 1 aliphatic carbocycles. The molecule has 29 heavy (non-hydrogen) atoms. The summed E-state index contributed by atoms with van der Waals surface area (Å²) in [5, 5.41) is 11.3. The van der Waals surface area contributed by atoms with Crippen molar-refractivity contribution >= 4 is 35.6 Å². The van der Waals surface area contributed by atoms with Crippen molar-refractivity contribution in [1.82, 2.24) is 15.1 Å². The topological polar surface area (TPSA) is 72.7 Å². The van der Waals surface area contributed by atoms with Crippen molar-refractivity contribution in [3.05, 3.63) is 36.2 Å². The molecule has 1 aliphatic rings. The van der Waals surface area contributed by atoms with Gasteiger partial charge in [0.2, 0.25) is 0 Å². The maximum absolute atomic E-state index is 5.65. The highest BCUT2D eigenvalue weighted by molar-refractivity contribution is 14.0.